The first kappa shape index (κ1) is 16.2. The number of aromatic nitrogens is 2. The summed E-state index contributed by atoms with van der Waals surface area (Å²) in [5, 5.41) is 0. The van der Waals surface area contributed by atoms with E-state index in [1.807, 2.05) is 30.9 Å². The van der Waals surface area contributed by atoms with Crippen LogP contribution in [-0.2, 0) is 0 Å². The molecule has 0 atom stereocenters. The molecule has 1 saturated heterocycles. The number of amides is 1. The molecule has 2 aromatic rings. The molecule has 126 valence electrons. The van der Waals surface area contributed by atoms with E-state index in [-0.39, 0.29) is 5.91 Å². The molecular weight excluding hydrogens is 304 g/mol. The third-order valence-electron chi connectivity index (χ3n) is 4.59. The molecule has 3 rings (SSSR count). The number of benzene rings is 1. The maximum atomic E-state index is 12.9. The maximum Gasteiger partial charge on any atom is 0.254 e. The summed E-state index contributed by atoms with van der Waals surface area (Å²) in [5.41, 5.74) is 2.74. The Morgan fingerprint density at radius 1 is 1.04 bits per heavy atom. The van der Waals surface area contributed by atoms with Crippen LogP contribution in [-0.4, -0.2) is 54.1 Å². The van der Waals surface area contributed by atoms with E-state index in [9.17, 15) is 4.79 Å². The SMILES string of the molecule is COc1ccc(C(=O)N2CCN(c3ncccn3)CC2)c(C)c1C. The number of rotatable bonds is 3. The van der Waals surface area contributed by atoms with Crippen molar-refractivity contribution in [2.45, 2.75) is 13.8 Å². The van der Waals surface area contributed by atoms with Gasteiger partial charge in [-0.2, -0.15) is 0 Å². The lowest BCUT2D eigenvalue weighted by atomic mass is 10.0. The molecule has 0 aliphatic carbocycles. The number of carbonyl (C=O) groups is 1. The van der Waals surface area contributed by atoms with Gasteiger partial charge >= 0.3 is 0 Å². The first-order chi connectivity index (χ1) is 11.6. The molecule has 24 heavy (non-hydrogen) atoms. The van der Waals surface area contributed by atoms with Crippen molar-refractivity contribution in [1.29, 1.82) is 0 Å². The number of carbonyl (C=O) groups excluding carboxylic acids is 1. The Balaban J connectivity index is 1.71. The summed E-state index contributed by atoms with van der Waals surface area (Å²) in [5.74, 6) is 1.61. The fourth-order valence-corrected chi connectivity index (χ4v) is 2.98. The fraction of sp³-hybridized carbons (Fsp3) is 0.389. The average Bonchev–Trinajstić information content (AvgIpc) is 2.64. The number of piperazine rings is 1. The Hall–Kier alpha value is -2.63. The zero-order valence-corrected chi connectivity index (χ0v) is 14.3. The third kappa shape index (κ3) is 3.04. The summed E-state index contributed by atoms with van der Waals surface area (Å²) in [4.78, 5) is 25.4. The van der Waals surface area contributed by atoms with Crippen LogP contribution in [0.4, 0.5) is 5.95 Å². The molecule has 0 unspecified atom stereocenters. The maximum absolute atomic E-state index is 12.9. The Bertz CT molecular complexity index is 725. The molecule has 0 N–H and O–H groups in total. The van der Waals surface area contributed by atoms with Crippen molar-refractivity contribution in [3.8, 4) is 5.75 Å². The Kier molecular flexibility index (Phi) is 4.64. The van der Waals surface area contributed by atoms with Gasteiger partial charge in [-0.1, -0.05) is 0 Å². The monoisotopic (exact) mass is 326 g/mol. The van der Waals surface area contributed by atoms with Crippen LogP contribution in [0.5, 0.6) is 5.75 Å². The highest BCUT2D eigenvalue weighted by molar-refractivity contribution is 5.96. The second-order valence-electron chi connectivity index (χ2n) is 5.89. The van der Waals surface area contributed by atoms with Gasteiger partial charge in [0, 0.05) is 44.1 Å². The summed E-state index contributed by atoms with van der Waals surface area (Å²) in [6, 6.07) is 5.53. The van der Waals surface area contributed by atoms with Gasteiger partial charge < -0.3 is 14.5 Å². The van der Waals surface area contributed by atoms with Crippen LogP contribution in [0.3, 0.4) is 0 Å². The zero-order valence-electron chi connectivity index (χ0n) is 14.3. The van der Waals surface area contributed by atoms with Crippen LogP contribution >= 0.6 is 0 Å². The van der Waals surface area contributed by atoms with Gasteiger partial charge in [-0.05, 0) is 43.2 Å². The minimum absolute atomic E-state index is 0.0758. The minimum atomic E-state index is 0.0758. The van der Waals surface area contributed by atoms with E-state index < -0.39 is 0 Å². The summed E-state index contributed by atoms with van der Waals surface area (Å²) in [6.07, 6.45) is 3.48. The fourth-order valence-electron chi connectivity index (χ4n) is 2.98. The van der Waals surface area contributed by atoms with Crippen LogP contribution < -0.4 is 9.64 Å². The lowest BCUT2D eigenvalue weighted by molar-refractivity contribution is 0.0745. The van der Waals surface area contributed by atoms with E-state index in [2.05, 4.69) is 14.9 Å². The van der Waals surface area contributed by atoms with E-state index in [0.717, 1.165) is 41.5 Å². The van der Waals surface area contributed by atoms with Crippen molar-refractivity contribution in [2.75, 3.05) is 38.2 Å². The molecule has 0 spiro atoms. The molecule has 0 saturated carbocycles. The highest BCUT2D eigenvalue weighted by Gasteiger charge is 2.25. The van der Waals surface area contributed by atoms with Crippen molar-refractivity contribution in [3.05, 3.63) is 47.3 Å². The minimum Gasteiger partial charge on any atom is -0.496 e. The number of nitrogens with zero attached hydrogens (tertiary/aromatic N) is 4. The summed E-state index contributed by atoms with van der Waals surface area (Å²) < 4.78 is 5.32. The topological polar surface area (TPSA) is 58.6 Å². The molecule has 1 aliphatic rings. The van der Waals surface area contributed by atoms with Gasteiger partial charge in [-0.15, -0.1) is 0 Å². The molecule has 0 bridgehead atoms. The van der Waals surface area contributed by atoms with Gasteiger partial charge in [0.2, 0.25) is 5.95 Å². The molecule has 0 radical (unpaired) electrons. The van der Waals surface area contributed by atoms with E-state index in [4.69, 9.17) is 4.74 Å². The van der Waals surface area contributed by atoms with Crippen LogP contribution in [0.1, 0.15) is 21.5 Å². The summed E-state index contributed by atoms with van der Waals surface area (Å²) in [7, 11) is 1.65. The normalized spacial score (nSPS) is 14.6. The summed E-state index contributed by atoms with van der Waals surface area (Å²) in [6.45, 7) is 6.77. The van der Waals surface area contributed by atoms with E-state index in [1.54, 1.807) is 25.6 Å². The molecule has 1 fully saturated rings. The Morgan fingerprint density at radius 3 is 2.33 bits per heavy atom. The van der Waals surface area contributed by atoms with E-state index in [1.165, 1.54) is 0 Å². The van der Waals surface area contributed by atoms with Crippen LogP contribution in [0.2, 0.25) is 0 Å². The molecule has 1 amide bonds. The molecular formula is C18H22N4O2. The van der Waals surface area contributed by atoms with Gasteiger partial charge in [0.15, 0.2) is 0 Å². The largest absolute Gasteiger partial charge is 0.496 e. The average molecular weight is 326 g/mol. The van der Waals surface area contributed by atoms with Crippen LogP contribution in [0, 0.1) is 13.8 Å². The predicted octanol–water partition coefficient (Wildman–Crippen LogP) is 2.06. The van der Waals surface area contributed by atoms with E-state index >= 15 is 0 Å². The van der Waals surface area contributed by atoms with Crippen molar-refractivity contribution in [3.63, 3.8) is 0 Å². The van der Waals surface area contributed by atoms with Gasteiger partial charge in [0.1, 0.15) is 5.75 Å². The highest BCUT2D eigenvalue weighted by Crippen LogP contribution is 2.25. The molecule has 6 heteroatoms. The zero-order chi connectivity index (χ0) is 17.1. The standard InChI is InChI=1S/C18H22N4O2/c1-13-14(2)16(24-3)6-5-15(13)17(23)21-9-11-22(12-10-21)18-19-7-4-8-20-18/h4-8H,9-12H2,1-3H3. The van der Waals surface area contributed by atoms with Crippen molar-refractivity contribution in [1.82, 2.24) is 14.9 Å². The first-order valence-corrected chi connectivity index (χ1v) is 8.07. The highest BCUT2D eigenvalue weighted by atomic mass is 16.5. The number of methoxy groups -OCH3 is 1. The van der Waals surface area contributed by atoms with Crippen molar-refractivity contribution < 1.29 is 9.53 Å². The molecule has 1 aliphatic heterocycles. The lowest BCUT2D eigenvalue weighted by Crippen LogP contribution is -2.49. The van der Waals surface area contributed by atoms with E-state index in [0.29, 0.717) is 13.1 Å². The second kappa shape index (κ2) is 6.86. The quantitative estimate of drug-likeness (QED) is 0.864. The molecule has 2 heterocycles. The van der Waals surface area contributed by atoms with Gasteiger partial charge in [0.25, 0.3) is 5.91 Å². The van der Waals surface area contributed by atoms with Gasteiger partial charge in [0.05, 0.1) is 7.11 Å². The summed E-state index contributed by atoms with van der Waals surface area (Å²) >= 11 is 0. The molecule has 1 aromatic heterocycles. The van der Waals surface area contributed by atoms with Crippen molar-refractivity contribution in [2.24, 2.45) is 0 Å². The van der Waals surface area contributed by atoms with Gasteiger partial charge in [-0.3, -0.25) is 4.79 Å². The number of ether oxygens (including phenoxy) is 1. The number of hydrogen-bond donors (Lipinski definition) is 0. The first-order valence-electron chi connectivity index (χ1n) is 8.07. The molecule has 1 aromatic carbocycles. The molecule has 6 nitrogen and oxygen atoms in total. The van der Waals surface area contributed by atoms with Gasteiger partial charge in [-0.25, -0.2) is 9.97 Å². The second-order valence-corrected chi connectivity index (χ2v) is 5.89. The smallest absolute Gasteiger partial charge is 0.254 e. The van der Waals surface area contributed by atoms with Crippen molar-refractivity contribution >= 4 is 11.9 Å². The third-order valence-corrected chi connectivity index (χ3v) is 4.59. The lowest BCUT2D eigenvalue weighted by Gasteiger charge is -2.35. The number of anilines is 1. The predicted molar refractivity (Wildman–Crippen MR) is 92.6 cm³/mol. The Labute approximate surface area is 142 Å². The Morgan fingerprint density at radius 2 is 1.71 bits per heavy atom. The van der Waals surface area contributed by atoms with Crippen LogP contribution in [0.15, 0.2) is 30.6 Å². The number of hydrogen-bond acceptors (Lipinski definition) is 5. The van der Waals surface area contributed by atoms with Crippen LogP contribution in [0.25, 0.3) is 0 Å².